The lowest BCUT2D eigenvalue weighted by Gasteiger charge is -2.27. The summed E-state index contributed by atoms with van der Waals surface area (Å²) in [5, 5.41) is 0. The highest BCUT2D eigenvalue weighted by Gasteiger charge is 2.19. The van der Waals surface area contributed by atoms with Crippen LogP contribution in [0.2, 0.25) is 0 Å². The van der Waals surface area contributed by atoms with Crippen LogP contribution in [0.5, 0.6) is 5.75 Å². The fourth-order valence-corrected chi connectivity index (χ4v) is 4.91. The Hall–Kier alpha value is -1.90. The molecule has 1 aliphatic carbocycles. The number of aromatic nitrogens is 2. The van der Waals surface area contributed by atoms with E-state index >= 15 is 0 Å². The van der Waals surface area contributed by atoms with Crippen molar-refractivity contribution in [2.45, 2.75) is 104 Å². The molecular weight excluding hydrogens is 392 g/mol. The second-order valence-corrected chi connectivity index (χ2v) is 9.74. The lowest BCUT2D eigenvalue weighted by atomic mass is 9.78. The van der Waals surface area contributed by atoms with Crippen molar-refractivity contribution in [1.29, 1.82) is 0 Å². The molecule has 3 heteroatoms. The SMILES string of the molecule is CCCCCCCCCOc1cnc(-c2ccc(CC[C@H]3CC[C@H](CC)CC3)cc2)nc1. The van der Waals surface area contributed by atoms with Crippen molar-refractivity contribution in [2.24, 2.45) is 11.8 Å². The van der Waals surface area contributed by atoms with Gasteiger partial charge in [-0.05, 0) is 36.7 Å². The van der Waals surface area contributed by atoms with Crippen molar-refractivity contribution >= 4 is 0 Å². The van der Waals surface area contributed by atoms with Gasteiger partial charge >= 0.3 is 0 Å². The van der Waals surface area contributed by atoms with Crippen molar-refractivity contribution in [1.82, 2.24) is 9.97 Å². The lowest BCUT2D eigenvalue weighted by Crippen LogP contribution is -2.14. The number of hydrogen-bond donors (Lipinski definition) is 0. The van der Waals surface area contributed by atoms with Gasteiger partial charge in [0.05, 0.1) is 19.0 Å². The molecule has 1 fully saturated rings. The summed E-state index contributed by atoms with van der Waals surface area (Å²) in [7, 11) is 0. The van der Waals surface area contributed by atoms with Gasteiger partial charge < -0.3 is 4.74 Å². The summed E-state index contributed by atoms with van der Waals surface area (Å²) in [6, 6.07) is 8.83. The molecule has 0 aliphatic heterocycles. The molecule has 3 nitrogen and oxygen atoms in total. The largest absolute Gasteiger partial charge is 0.490 e. The summed E-state index contributed by atoms with van der Waals surface area (Å²) >= 11 is 0. The van der Waals surface area contributed by atoms with E-state index in [1.807, 2.05) is 12.4 Å². The van der Waals surface area contributed by atoms with E-state index in [1.54, 1.807) is 0 Å². The van der Waals surface area contributed by atoms with Gasteiger partial charge in [0.1, 0.15) is 0 Å². The van der Waals surface area contributed by atoms with Gasteiger partial charge in [-0.15, -0.1) is 0 Å². The first-order valence-electron chi connectivity index (χ1n) is 13.3. The maximum Gasteiger partial charge on any atom is 0.159 e. The van der Waals surface area contributed by atoms with Crippen LogP contribution in [0.15, 0.2) is 36.7 Å². The molecule has 32 heavy (non-hydrogen) atoms. The second kappa shape index (κ2) is 14.3. The Morgan fingerprint density at radius 2 is 1.41 bits per heavy atom. The normalized spacial score (nSPS) is 18.6. The Bertz CT molecular complexity index is 733. The molecule has 1 aromatic heterocycles. The second-order valence-electron chi connectivity index (χ2n) is 9.74. The Morgan fingerprint density at radius 3 is 2.06 bits per heavy atom. The van der Waals surface area contributed by atoms with Crippen LogP contribution in [0.1, 0.15) is 103 Å². The minimum absolute atomic E-state index is 0.755. The first-order chi connectivity index (χ1) is 15.8. The van der Waals surface area contributed by atoms with Crippen LogP contribution in [-0.2, 0) is 6.42 Å². The average Bonchev–Trinajstić information content (AvgIpc) is 2.85. The van der Waals surface area contributed by atoms with Gasteiger partial charge in [-0.1, -0.05) is 109 Å². The predicted octanol–water partition coefficient (Wildman–Crippen LogP) is 8.42. The van der Waals surface area contributed by atoms with Gasteiger partial charge in [0.15, 0.2) is 11.6 Å². The monoisotopic (exact) mass is 436 g/mol. The van der Waals surface area contributed by atoms with Crippen molar-refractivity contribution in [3.05, 3.63) is 42.2 Å². The number of hydrogen-bond acceptors (Lipinski definition) is 3. The molecule has 0 spiro atoms. The quantitative estimate of drug-likeness (QED) is 0.279. The number of aryl methyl sites for hydroxylation is 1. The maximum absolute atomic E-state index is 5.82. The Balaban J connectivity index is 1.35. The molecular formula is C29H44N2O. The van der Waals surface area contributed by atoms with E-state index in [2.05, 4.69) is 48.1 Å². The van der Waals surface area contributed by atoms with E-state index in [0.717, 1.165) is 42.0 Å². The zero-order valence-electron chi connectivity index (χ0n) is 20.5. The summed E-state index contributed by atoms with van der Waals surface area (Å²) in [6.45, 7) is 5.36. The smallest absolute Gasteiger partial charge is 0.159 e. The van der Waals surface area contributed by atoms with E-state index in [1.165, 1.54) is 89.0 Å². The van der Waals surface area contributed by atoms with Gasteiger partial charge in [-0.3, -0.25) is 0 Å². The molecule has 1 saturated carbocycles. The summed E-state index contributed by atoms with van der Waals surface area (Å²) in [5.41, 5.74) is 2.51. The summed E-state index contributed by atoms with van der Waals surface area (Å²) < 4.78 is 5.82. The molecule has 0 radical (unpaired) electrons. The molecule has 176 valence electrons. The highest BCUT2D eigenvalue weighted by atomic mass is 16.5. The molecule has 1 aromatic carbocycles. The molecule has 0 bridgehead atoms. The van der Waals surface area contributed by atoms with E-state index in [0.29, 0.717) is 0 Å². The van der Waals surface area contributed by atoms with Crippen LogP contribution >= 0.6 is 0 Å². The highest BCUT2D eigenvalue weighted by Crippen LogP contribution is 2.33. The van der Waals surface area contributed by atoms with Gasteiger partial charge in [-0.2, -0.15) is 0 Å². The van der Waals surface area contributed by atoms with E-state index in [4.69, 9.17) is 4.74 Å². The zero-order valence-corrected chi connectivity index (χ0v) is 20.5. The van der Waals surface area contributed by atoms with Crippen molar-refractivity contribution in [3.63, 3.8) is 0 Å². The van der Waals surface area contributed by atoms with Crippen molar-refractivity contribution in [3.8, 4) is 17.1 Å². The van der Waals surface area contributed by atoms with Gasteiger partial charge in [0.2, 0.25) is 0 Å². The first kappa shape index (κ1) is 24.7. The van der Waals surface area contributed by atoms with Crippen LogP contribution in [-0.4, -0.2) is 16.6 Å². The molecule has 0 atom stereocenters. The minimum Gasteiger partial charge on any atom is -0.490 e. The first-order valence-corrected chi connectivity index (χ1v) is 13.3. The van der Waals surface area contributed by atoms with Crippen molar-refractivity contribution < 1.29 is 4.74 Å². The fourth-order valence-electron chi connectivity index (χ4n) is 4.91. The van der Waals surface area contributed by atoms with Gasteiger partial charge in [0, 0.05) is 5.56 Å². The Labute approximate surface area is 196 Å². The molecule has 0 amide bonds. The molecule has 0 N–H and O–H groups in total. The topological polar surface area (TPSA) is 35.0 Å². The summed E-state index contributed by atoms with van der Waals surface area (Å²) in [6.07, 6.45) is 22.3. The van der Waals surface area contributed by atoms with Crippen LogP contribution in [0.25, 0.3) is 11.4 Å². The minimum atomic E-state index is 0.755. The third kappa shape index (κ3) is 8.56. The highest BCUT2D eigenvalue weighted by molar-refractivity contribution is 5.55. The number of unbranched alkanes of at least 4 members (excludes halogenated alkanes) is 6. The maximum atomic E-state index is 5.82. The number of benzene rings is 1. The van der Waals surface area contributed by atoms with E-state index < -0.39 is 0 Å². The van der Waals surface area contributed by atoms with Crippen LogP contribution < -0.4 is 4.74 Å². The average molecular weight is 437 g/mol. The third-order valence-corrected chi connectivity index (χ3v) is 7.24. The van der Waals surface area contributed by atoms with Gasteiger partial charge in [-0.25, -0.2) is 9.97 Å². The summed E-state index contributed by atoms with van der Waals surface area (Å²) in [4.78, 5) is 9.05. The standard InChI is InChI=1S/C29H44N2O/c1-3-5-6-7-8-9-10-21-32-28-22-30-29(31-23-28)27-19-17-26(18-20-27)16-15-25-13-11-24(4-2)12-14-25/h17-20,22-25H,3-16,21H2,1-2H3/t24-,25-. The van der Waals surface area contributed by atoms with Crippen LogP contribution in [0, 0.1) is 11.8 Å². The third-order valence-electron chi connectivity index (χ3n) is 7.24. The van der Waals surface area contributed by atoms with Crippen LogP contribution in [0.4, 0.5) is 0 Å². The number of rotatable bonds is 14. The van der Waals surface area contributed by atoms with E-state index in [9.17, 15) is 0 Å². The van der Waals surface area contributed by atoms with Gasteiger partial charge in [0.25, 0.3) is 0 Å². The summed E-state index contributed by atoms with van der Waals surface area (Å²) in [5.74, 6) is 3.46. The predicted molar refractivity (Wildman–Crippen MR) is 135 cm³/mol. The fraction of sp³-hybridized carbons (Fsp3) is 0.655. The van der Waals surface area contributed by atoms with Crippen molar-refractivity contribution in [2.75, 3.05) is 6.61 Å². The molecule has 0 saturated heterocycles. The zero-order chi connectivity index (χ0) is 22.4. The molecule has 1 heterocycles. The Kier molecular flexibility index (Phi) is 11.0. The molecule has 2 aromatic rings. The lowest BCUT2D eigenvalue weighted by molar-refractivity contribution is 0.259. The Morgan fingerprint density at radius 1 is 0.781 bits per heavy atom. The number of nitrogens with zero attached hydrogens (tertiary/aromatic N) is 2. The molecule has 0 unspecified atom stereocenters. The molecule has 3 rings (SSSR count). The van der Waals surface area contributed by atoms with Crippen LogP contribution in [0.3, 0.4) is 0 Å². The van der Waals surface area contributed by atoms with E-state index in [-0.39, 0.29) is 0 Å². The molecule has 1 aliphatic rings. The number of ether oxygens (including phenoxy) is 1.